The van der Waals surface area contributed by atoms with Crippen LogP contribution in [0.25, 0.3) is 6.08 Å². The van der Waals surface area contributed by atoms with Crippen molar-refractivity contribution in [1.29, 1.82) is 0 Å². The fraction of sp³-hybridized carbons (Fsp3) is 0.346. The lowest BCUT2D eigenvalue weighted by atomic mass is 10.0. The van der Waals surface area contributed by atoms with Crippen molar-refractivity contribution in [2.75, 3.05) is 22.9 Å². The fourth-order valence-corrected chi connectivity index (χ4v) is 4.46. The van der Waals surface area contributed by atoms with Crippen LogP contribution in [0, 0.1) is 0 Å². The predicted octanol–water partition coefficient (Wildman–Crippen LogP) is 5.02. The topological polar surface area (TPSA) is 52.7 Å². The molecule has 4 rings (SSSR count). The van der Waals surface area contributed by atoms with Crippen LogP contribution in [0.5, 0.6) is 0 Å². The van der Waals surface area contributed by atoms with E-state index in [9.17, 15) is 9.59 Å². The van der Waals surface area contributed by atoms with Gasteiger partial charge in [0.1, 0.15) is 5.57 Å². The number of carbonyl (C=O) groups excluding carboxylic acids is 2. The molecule has 166 valence electrons. The molecule has 0 saturated carbocycles. The second kappa shape index (κ2) is 9.65. The SMILES string of the molecule is CC(C)c1ccc(N2C(=O)/C(=C/c3ccc(N4CCCCCC4)cc3)C(=O)NC2=S)cc1. The first-order valence-corrected chi connectivity index (χ1v) is 11.7. The molecule has 2 aromatic rings. The molecule has 0 spiro atoms. The van der Waals surface area contributed by atoms with Gasteiger partial charge >= 0.3 is 0 Å². The van der Waals surface area contributed by atoms with Crippen molar-refractivity contribution >= 4 is 46.6 Å². The maximum Gasteiger partial charge on any atom is 0.270 e. The zero-order valence-electron chi connectivity index (χ0n) is 18.6. The summed E-state index contributed by atoms with van der Waals surface area (Å²) in [7, 11) is 0. The van der Waals surface area contributed by atoms with E-state index in [1.807, 2.05) is 36.4 Å². The molecule has 5 nitrogen and oxygen atoms in total. The number of thiocarbonyl (C=S) groups is 1. The van der Waals surface area contributed by atoms with Gasteiger partial charge in [-0.05, 0) is 72.4 Å². The Morgan fingerprint density at radius 2 is 1.47 bits per heavy atom. The van der Waals surface area contributed by atoms with Crippen LogP contribution >= 0.6 is 12.2 Å². The Kier molecular flexibility index (Phi) is 6.70. The molecule has 0 radical (unpaired) electrons. The minimum atomic E-state index is -0.466. The van der Waals surface area contributed by atoms with Gasteiger partial charge in [0, 0.05) is 18.8 Å². The van der Waals surface area contributed by atoms with Crippen LogP contribution in [0.3, 0.4) is 0 Å². The number of benzene rings is 2. The van der Waals surface area contributed by atoms with Crippen LogP contribution in [0.1, 0.15) is 56.6 Å². The van der Waals surface area contributed by atoms with Gasteiger partial charge in [0.2, 0.25) is 0 Å². The van der Waals surface area contributed by atoms with Crippen LogP contribution < -0.4 is 15.1 Å². The molecule has 1 N–H and O–H groups in total. The van der Waals surface area contributed by atoms with E-state index in [1.165, 1.54) is 41.8 Å². The zero-order chi connectivity index (χ0) is 22.7. The highest BCUT2D eigenvalue weighted by molar-refractivity contribution is 7.80. The molecule has 0 atom stereocenters. The van der Waals surface area contributed by atoms with Gasteiger partial charge in [0.15, 0.2) is 5.11 Å². The third-order valence-corrected chi connectivity index (χ3v) is 6.38. The normalized spacial score (nSPS) is 18.8. The molecular formula is C26H29N3O2S. The summed E-state index contributed by atoms with van der Waals surface area (Å²) >= 11 is 5.31. The second-order valence-electron chi connectivity index (χ2n) is 8.70. The highest BCUT2D eigenvalue weighted by Crippen LogP contribution is 2.25. The van der Waals surface area contributed by atoms with E-state index in [2.05, 4.69) is 36.2 Å². The third-order valence-electron chi connectivity index (χ3n) is 6.09. The molecule has 0 unspecified atom stereocenters. The maximum atomic E-state index is 13.2. The highest BCUT2D eigenvalue weighted by Gasteiger charge is 2.34. The number of hydrogen-bond acceptors (Lipinski definition) is 4. The van der Waals surface area contributed by atoms with Gasteiger partial charge in [0.05, 0.1) is 5.69 Å². The van der Waals surface area contributed by atoms with Gasteiger partial charge in [-0.3, -0.25) is 19.8 Å². The Morgan fingerprint density at radius 3 is 2.06 bits per heavy atom. The molecule has 2 aliphatic heterocycles. The first kappa shape index (κ1) is 22.2. The molecule has 2 saturated heterocycles. The van der Waals surface area contributed by atoms with E-state index >= 15 is 0 Å². The minimum Gasteiger partial charge on any atom is -0.372 e. The average molecular weight is 448 g/mol. The van der Waals surface area contributed by atoms with Crippen LogP contribution in [0.2, 0.25) is 0 Å². The molecule has 6 heteroatoms. The Labute approximate surface area is 195 Å². The third kappa shape index (κ3) is 4.75. The van der Waals surface area contributed by atoms with Crippen LogP contribution in [0.4, 0.5) is 11.4 Å². The van der Waals surface area contributed by atoms with Crippen molar-refractivity contribution in [3.05, 3.63) is 65.2 Å². The monoisotopic (exact) mass is 447 g/mol. The zero-order valence-corrected chi connectivity index (χ0v) is 19.5. The number of hydrogen-bond donors (Lipinski definition) is 1. The molecule has 2 fully saturated rings. The van der Waals surface area contributed by atoms with E-state index in [4.69, 9.17) is 12.2 Å². The van der Waals surface area contributed by atoms with Crippen molar-refractivity contribution in [3.8, 4) is 0 Å². The smallest absolute Gasteiger partial charge is 0.270 e. The Balaban J connectivity index is 1.57. The number of carbonyl (C=O) groups is 2. The van der Waals surface area contributed by atoms with Crippen molar-refractivity contribution < 1.29 is 9.59 Å². The fourth-order valence-electron chi connectivity index (χ4n) is 4.18. The Morgan fingerprint density at radius 1 is 0.875 bits per heavy atom. The molecule has 2 aromatic carbocycles. The largest absolute Gasteiger partial charge is 0.372 e. The molecule has 2 aliphatic rings. The maximum absolute atomic E-state index is 13.2. The highest BCUT2D eigenvalue weighted by atomic mass is 32.1. The summed E-state index contributed by atoms with van der Waals surface area (Å²) in [6.07, 6.45) is 6.65. The van der Waals surface area contributed by atoms with Crippen LogP contribution in [0.15, 0.2) is 54.1 Å². The Bertz CT molecular complexity index is 1030. The van der Waals surface area contributed by atoms with Gasteiger partial charge in [-0.25, -0.2) is 0 Å². The molecule has 2 heterocycles. The minimum absolute atomic E-state index is 0.0778. The lowest BCUT2D eigenvalue weighted by Crippen LogP contribution is -2.54. The summed E-state index contributed by atoms with van der Waals surface area (Å²) in [5, 5.41) is 2.76. The summed E-state index contributed by atoms with van der Waals surface area (Å²) in [5.74, 6) is -0.486. The van der Waals surface area contributed by atoms with Gasteiger partial charge in [-0.2, -0.15) is 0 Å². The van der Waals surface area contributed by atoms with Crippen molar-refractivity contribution in [3.63, 3.8) is 0 Å². The molecular weight excluding hydrogens is 418 g/mol. The molecule has 32 heavy (non-hydrogen) atoms. The van der Waals surface area contributed by atoms with Gasteiger partial charge < -0.3 is 4.90 Å². The van der Waals surface area contributed by atoms with Gasteiger partial charge in [0.25, 0.3) is 11.8 Å². The molecule has 0 aromatic heterocycles. The molecule has 2 amide bonds. The predicted molar refractivity (Wildman–Crippen MR) is 134 cm³/mol. The first-order chi connectivity index (χ1) is 15.4. The summed E-state index contributed by atoms with van der Waals surface area (Å²) in [5.41, 5.74) is 3.89. The summed E-state index contributed by atoms with van der Waals surface area (Å²) < 4.78 is 0. The van der Waals surface area contributed by atoms with E-state index in [-0.39, 0.29) is 10.7 Å². The number of nitrogens with zero attached hydrogens (tertiary/aromatic N) is 2. The quantitative estimate of drug-likeness (QED) is 0.406. The summed E-state index contributed by atoms with van der Waals surface area (Å²) in [4.78, 5) is 29.6. The number of rotatable bonds is 4. The van der Waals surface area contributed by atoms with E-state index in [1.54, 1.807) is 6.08 Å². The summed E-state index contributed by atoms with van der Waals surface area (Å²) in [6.45, 7) is 6.38. The van der Waals surface area contributed by atoms with E-state index in [0.717, 1.165) is 18.7 Å². The number of amides is 2. The number of anilines is 2. The van der Waals surface area contributed by atoms with Gasteiger partial charge in [-0.1, -0.05) is 51.0 Å². The first-order valence-electron chi connectivity index (χ1n) is 11.3. The lowest BCUT2D eigenvalue weighted by Gasteiger charge is -2.29. The standard InChI is InChI=1S/C26H29N3O2S/c1-18(2)20-9-13-22(14-10-20)29-25(31)23(24(30)27-26(29)32)17-19-7-11-21(12-8-19)28-15-5-3-4-6-16-28/h7-14,17-18H,3-6,15-16H2,1-2H3,(H,27,30,32)/b23-17+. The molecule has 0 bridgehead atoms. The van der Waals surface area contributed by atoms with Crippen molar-refractivity contribution in [2.45, 2.75) is 45.4 Å². The van der Waals surface area contributed by atoms with Crippen molar-refractivity contribution in [1.82, 2.24) is 5.32 Å². The van der Waals surface area contributed by atoms with Crippen LogP contribution in [-0.4, -0.2) is 30.0 Å². The number of nitrogens with one attached hydrogen (secondary N) is 1. The second-order valence-corrected chi connectivity index (χ2v) is 9.08. The van der Waals surface area contributed by atoms with Gasteiger partial charge in [-0.15, -0.1) is 0 Å². The van der Waals surface area contributed by atoms with Crippen molar-refractivity contribution in [2.24, 2.45) is 0 Å². The summed E-state index contributed by atoms with van der Waals surface area (Å²) in [6, 6.07) is 15.8. The lowest BCUT2D eigenvalue weighted by molar-refractivity contribution is -0.122. The van der Waals surface area contributed by atoms with E-state index in [0.29, 0.717) is 11.6 Å². The Hall–Kier alpha value is -2.99. The molecule has 0 aliphatic carbocycles. The van der Waals surface area contributed by atoms with E-state index < -0.39 is 11.8 Å². The van der Waals surface area contributed by atoms with Crippen LogP contribution in [-0.2, 0) is 9.59 Å². The average Bonchev–Trinajstić information content (AvgIpc) is 3.07.